The molecule has 1 aromatic heterocycles. The molecule has 0 spiro atoms. The molecule has 2 rings (SSSR count). The van der Waals surface area contributed by atoms with E-state index in [1.165, 1.54) is 6.07 Å². The first kappa shape index (κ1) is 13.2. The van der Waals surface area contributed by atoms with Crippen molar-refractivity contribution in [3.8, 4) is 12.1 Å². The maximum Gasteiger partial charge on any atom is 0.133 e. The Balaban J connectivity index is 2.39. The number of hydrogen-bond acceptors (Lipinski definition) is 4. The van der Waals surface area contributed by atoms with Crippen LogP contribution >= 0.6 is 23.2 Å². The molecule has 0 fully saturated rings. The Morgan fingerprint density at radius 1 is 1.00 bits per heavy atom. The van der Waals surface area contributed by atoms with Crippen LogP contribution in [0.1, 0.15) is 11.1 Å². The number of rotatable bonds is 2. The standard InChI is InChI=1S/C13H6Cl2N4/c14-10-2-1-8(6-16)3-11(10)18-13-5-9(7-17)4-12(15)19-13/h1-5H,(H,18,19). The number of anilines is 2. The third-order valence-corrected chi connectivity index (χ3v) is 2.80. The van der Waals surface area contributed by atoms with Crippen LogP contribution < -0.4 is 5.32 Å². The number of hydrogen-bond donors (Lipinski definition) is 1. The molecule has 0 aliphatic rings. The Morgan fingerprint density at radius 3 is 2.42 bits per heavy atom. The second-order valence-electron chi connectivity index (χ2n) is 3.61. The van der Waals surface area contributed by atoms with Gasteiger partial charge in [0.2, 0.25) is 0 Å². The molecule has 0 amide bonds. The van der Waals surface area contributed by atoms with E-state index in [0.717, 1.165) is 0 Å². The van der Waals surface area contributed by atoms with Gasteiger partial charge in [0, 0.05) is 0 Å². The van der Waals surface area contributed by atoms with Crippen molar-refractivity contribution < 1.29 is 0 Å². The van der Waals surface area contributed by atoms with Gasteiger partial charge in [-0.05, 0) is 30.3 Å². The molecule has 6 heteroatoms. The van der Waals surface area contributed by atoms with E-state index in [0.29, 0.717) is 27.7 Å². The van der Waals surface area contributed by atoms with Gasteiger partial charge in [0.05, 0.1) is 34.0 Å². The molecule has 0 aliphatic carbocycles. The highest BCUT2D eigenvalue weighted by Gasteiger charge is 2.05. The maximum atomic E-state index is 8.86. The number of halogens is 2. The van der Waals surface area contributed by atoms with Gasteiger partial charge in [0.1, 0.15) is 11.0 Å². The van der Waals surface area contributed by atoms with Crippen LogP contribution in [0.2, 0.25) is 10.2 Å². The fourth-order valence-corrected chi connectivity index (χ4v) is 1.83. The lowest BCUT2D eigenvalue weighted by atomic mass is 10.2. The summed E-state index contributed by atoms with van der Waals surface area (Å²) in [5.41, 5.74) is 1.38. The second kappa shape index (κ2) is 5.58. The van der Waals surface area contributed by atoms with Crippen molar-refractivity contribution in [2.24, 2.45) is 0 Å². The molecule has 4 nitrogen and oxygen atoms in total. The van der Waals surface area contributed by atoms with Crippen molar-refractivity contribution in [3.63, 3.8) is 0 Å². The van der Waals surface area contributed by atoms with Gasteiger partial charge >= 0.3 is 0 Å². The molecular weight excluding hydrogens is 283 g/mol. The summed E-state index contributed by atoms with van der Waals surface area (Å²) in [6, 6.07) is 11.8. The molecule has 0 unspecified atom stereocenters. The van der Waals surface area contributed by atoms with E-state index in [1.54, 1.807) is 24.3 Å². The molecule has 0 saturated carbocycles. The molecular formula is C13H6Cl2N4. The summed E-state index contributed by atoms with van der Waals surface area (Å²) in [7, 11) is 0. The van der Waals surface area contributed by atoms with Gasteiger partial charge in [-0.2, -0.15) is 10.5 Å². The van der Waals surface area contributed by atoms with E-state index >= 15 is 0 Å². The number of benzene rings is 1. The van der Waals surface area contributed by atoms with E-state index in [2.05, 4.69) is 10.3 Å². The molecule has 1 N–H and O–H groups in total. The smallest absolute Gasteiger partial charge is 0.133 e. The fourth-order valence-electron chi connectivity index (χ4n) is 1.45. The highest BCUT2D eigenvalue weighted by molar-refractivity contribution is 6.33. The molecule has 1 heterocycles. The zero-order valence-electron chi connectivity index (χ0n) is 9.48. The van der Waals surface area contributed by atoms with Gasteiger partial charge in [0.25, 0.3) is 0 Å². The van der Waals surface area contributed by atoms with E-state index in [-0.39, 0.29) is 5.15 Å². The van der Waals surface area contributed by atoms with Gasteiger partial charge in [-0.25, -0.2) is 4.98 Å². The van der Waals surface area contributed by atoms with Crippen molar-refractivity contribution in [2.45, 2.75) is 0 Å². The molecule has 1 aromatic carbocycles. The summed E-state index contributed by atoms with van der Waals surface area (Å²) in [5.74, 6) is 0.390. The first-order valence-corrected chi connectivity index (χ1v) is 5.92. The van der Waals surface area contributed by atoms with Crippen LogP contribution in [0.15, 0.2) is 30.3 Å². The zero-order chi connectivity index (χ0) is 13.8. The third kappa shape index (κ3) is 3.14. The van der Waals surface area contributed by atoms with Gasteiger partial charge < -0.3 is 5.32 Å². The first-order valence-electron chi connectivity index (χ1n) is 5.17. The van der Waals surface area contributed by atoms with Crippen molar-refractivity contribution >= 4 is 34.7 Å². The molecule has 92 valence electrons. The lowest BCUT2D eigenvalue weighted by Crippen LogP contribution is -1.96. The molecule has 2 aromatic rings. The average molecular weight is 289 g/mol. The van der Waals surface area contributed by atoms with Gasteiger partial charge in [0.15, 0.2) is 0 Å². The normalized spacial score (nSPS) is 9.47. The first-order chi connectivity index (χ1) is 9.12. The molecule has 0 bridgehead atoms. The van der Waals surface area contributed by atoms with Crippen LogP contribution in [-0.4, -0.2) is 4.98 Å². The Bertz CT molecular complexity index is 714. The number of nitrogens with zero attached hydrogens (tertiary/aromatic N) is 3. The zero-order valence-corrected chi connectivity index (χ0v) is 11.0. The number of aromatic nitrogens is 1. The van der Waals surface area contributed by atoms with Crippen molar-refractivity contribution in [3.05, 3.63) is 51.6 Å². The van der Waals surface area contributed by atoms with Gasteiger partial charge in [-0.15, -0.1) is 0 Å². The quantitative estimate of drug-likeness (QED) is 0.851. The third-order valence-electron chi connectivity index (χ3n) is 2.28. The maximum absolute atomic E-state index is 8.86. The molecule has 19 heavy (non-hydrogen) atoms. The fraction of sp³-hybridized carbons (Fsp3) is 0. The predicted octanol–water partition coefficient (Wildman–Crippen LogP) is 3.88. The largest absolute Gasteiger partial charge is 0.339 e. The Hall–Kier alpha value is -2.27. The van der Waals surface area contributed by atoms with Gasteiger partial charge in [-0.3, -0.25) is 0 Å². The summed E-state index contributed by atoms with van der Waals surface area (Å²) in [4.78, 5) is 4.04. The SMILES string of the molecule is N#Cc1cc(Cl)nc(Nc2cc(C#N)ccc2Cl)c1. The molecule has 0 saturated heterocycles. The highest BCUT2D eigenvalue weighted by atomic mass is 35.5. The summed E-state index contributed by atoms with van der Waals surface area (Å²) in [5, 5.41) is 21.3. The van der Waals surface area contributed by atoms with Crippen molar-refractivity contribution in [2.75, 3.05) is 5.32 Å². The van der Waals surface area contributed by atoms with Crippen molar-refractivity contribution in [1.29, 1.82) is 10.5 Å². The van der Waals surface area contributed by atoms with Crippen molar-refractivity contribution in [1.82, 2.24) is 4.98 Å². The van der Waals surface area contributed by atoms with Gasteiger partial charge in [-0.1, -0.05) is 23.2 Å². The Morgan fingerprint density at radius 2 is 1.74 bits per heavy atom. The summed E-state index contributed by atoms with van der Waals surface area (Å²) in [6.45, 7) is 0. The van der Waals surface area contributed by atoms with Crippen LogP contribution in [0.5, 0.6) is 0 Å². The second-order valence-corrected chi connectivity index (χ2v) is 4.40. The van der Waals surface area contributed by atoms with E-state index in [9.17, 15) is 0 Å². The molecule has 0 radical (unpaired) electrons. The molecule has 0 aliphatic heterocycles. The summed E-state index contributed by atoms with van der Waals surface area (Å²) in [6.07, 6.45) is 0. The topological polar surface area (TPSA) is 72.5 Å². The Kier molecular flexibility index (Phi) is 3.87. The lowest BCUT2D eigenvalue weighted by molar-refractivity contribution is 1.29. The minimum Gasteiger partial charge on any atom is -0.339 e. The van der Waals surface area contributed by atoms with Crippen LogP contribution in [-0.2, 0) is 0 Å². The predicted molar refractivity (Wildman–Crippen MR) is 73.4 cm³/mol. The minimum atomic E-state index is 0.203. The van der Waals surface area contributed by atoms with E-state index in [1.807, 2.05) is 12.1 Å². The lowest BCUT2D eigenvalue weighted by Gasteiger charge is -2.08. The minimum absolute atomic E-state index is 0.203. The average Bonchev–Trinajstić information content (AvgIpc) is 2.40. The number of nitrogens with one attached hydrogen (secondary N) is 1. The summed E-state index contributed by atoms with van der Waals surface area (Å²) < 4.78 is 0. The number of pyridine rings is 1. The monoisotopic (exact) mass is 288 g/mol. The highest BCUT2D eigenvalue weighted by Crippen LogP contribution is 2.26. The Labute approximate surface area is 119 Å². The van der Waals surface area contributed by atoms with Crippen LogP contribution in [0.3, 0.4) is 0 Å². The van der Waals surface area contributed by atoms with Crippen LogP contribution in [0.25, 0.3) is 0 Å². The summed E-state index contributed by atoms with van der Waals surface area (Å²) >= 11 is 11.8. The number of nitriles is 2. The van der Waals surface area contributed by atoms with E-state index < -0.39 is 0 Å². The van der Waals surface area contributed by atoms with Crippen LogP contribution in [0, 0.1) is 22.7 Å². The molecule has 0 atom stereocenters. The van der Waals surface area contributed by atoms with Crippen LogP contribution in [0.4, 0.5) is 11.5 Å². The van der Waals surface area contributed by atoms with E-state index in [4.69, 9.17) is 33.7 Å².